The third-order valence-corrected chi connectivity index (χ3v) is 2.75. The molecule has 0 aromatic heterocycles. The first kappa shape index (κ1) is 20.2. The normalized spacial score (nSPS) is 10.7. The maximum atomic E-state index is 10.2. The summed E-state index contributed by atoms with van der Waals surface area (Å²) in [5.41, 5.74) is 6.36. The first-order valence-corrected chi connectivity index (χ1v) is 7.70. The average molecular weight is 343 g/mol. The second kappa shape index (κ2) is 13.6. The Labute approximate surface area is 141 Å². The summed E-state index contributed by atoms with van der Waals surface area (Å²) < 4.78 is 26.2. The van der Waals surface area contributed by atoms with Crippen LogP contribution in [-0.2, 0) is 23.7 Å². The van der Waals surface area contributed by atoms with Gasteiger partial charge in [0.2, 0.25) is 0 Å². The number of aliphatic carboxylic acids is 1. The summed E-state index contributed by atoms with van der Waals surface area (Å²) in [7, 11) is 0. The van der Waals surface area contributed by atoms with Crippen molar-refractivity contribution in [3.05, 3.63) is 24.3 Å². The van der Waals surface area contributed by atoms with Crippen LogP contribution in [0.3, 0.4) is 0 Å². The lowest BCUT2D eigenvalue weighted by Gasteiger charge is -2.09. The maximum Gasteiger partial charge on any atom is 0.329 e. The largest absolute Gasteiger partial charge is 0.489 e. The van der Waals surface area contributed by atoms with Crippen LogP contribution in [0.4, 0.5) is 5.69 Å². The second-order valence-electron chi connectivity index (χ2n) is 4.67. The molecule has 0 bridgehead atoms. The van der Waals surface area contributed by atoms with Gasteiger partial charge in [-0.3, -0.25) is 0 Å². The van der Waals surface area contributed by atoms with E-state index < -0.39 is 5.97 Å². The van der Waals surface area contributed by atoms with Crippen LogP contribution in [0.15, 0.2) is 24.3 Å². The maximum absolute atomic E-state index is 10.2. The van der Waals surface area contributed by atoms with Crippen molar-refractivity contribution in [3.63, 3.8) is 0 Å². The molecule has 0 aliphatic heterocycles. The standard InChI is InChI=1S/C16H25NO7/c17-14-3-1-2-4-15(14)24-12-11-22-8-7-20-5-6-21-9-10-23-13-16(18)19/h1-4H,5-13,17H2,(H,18,19). The molecule has 3 N–H and O–H groups in total. The number of nitrogen functional groups attached to an aromatic ring is 1. The number of nitrogens with two attached hydrogens (primary N) is 1. The molecule has 0 spiro atoms. The van der Waals surface area contributed by atoms with Crippen LogP contribution in [0.2, 0.25) is 0 Å². The predicted molar refractivity (Wildman–Crippen MR) is 87.3 cm³/mol. The van der Waals surface area contributed by atoms with Gasteiger partial charge in [-0.25, -0.2) is 4.79 Å². The molecule has 1 rings (SSSR count). The topological polar surface area (TPSA) is 109 Å². The predicted octanol–water partition coefficient (Wildman–Crippen LogP) is 0.799. The van der Waals surface area contributed by atoms with Crippen LogP contribution >= 0.6 is 0 Å². The Morgan fingerprint density at radius 3 is 1.88 bits per heavy atom. The lowest BCUT2D eigenvalue weighted by atomic mass is 10.3. The zero-order valence-electron chi connectivity index (χ0n) is 13.6. The molecule has 0 fully saturated rings. The van der Waals surface area contributed by atoms with E-state index in [9.17, 15) is 4.79 Å². The number of anilines is 1. The number of carboxylic acids is 1. The van der Waals surface area contributed by atoms with E-state index in [1.54, 1.807) is 6.07 Å². The molecule has 1 aromatic carbocycles. The molecule has 24 heavy (non-hydrogen) atoms. The van der Waals surface area contributed by atoms with E-state index in [0.29, 0.717) is 57.7 Å². The number of para-hydroxylation sites is 2. The van der Waals surface area contributed by atoms with Crippen molar-refractivity contribution in [2.24, 2.45) is 0 Å². The van der Waals surface area contributed by atoms with E-state index in [-0.39, 0.29) is 13.2 Å². The van der Waals surface area contributed by atoms with Gasteiger partial charge in [-0.05, 0) is 12.1 Å². The molecule has 8 heteroatoms. The summed E-state index contributed by atoms with van der Waals surface area (Å²) in [6.45, 7) is 2.96. The fourth-order valence-electron chi connectivity index (χ4n) is 1.64. The summed E-state index contributed by atoms with van der Waals surface area (Å²) in [4.78, 5) is 10.2. The average Bonchev–Trinajstić information content (AvgIpc) is 2.56. The molecule has 0 saturated heterocycles. The molecule has 0 aliphatic rings. The highest BCUT2D eigenvalue weighted by Gasteiger charge is 1.98. The molecule has 0 heterocycles. The molecular weight excluding hydrogens is 318 g/mol. The Morgan fingerprint density at radius 1 is 0.833 bits per heavy atom. The van der Waals surface area contributed by atoms with Crippen molar-refractivity contribution in [1.29, 1.82) is 0 Å². The van der Waals surface area contributed by atoms with Gasteiger partial charge in [-0.15, -0.1) is 0 Å². The van der Waals surface area contributed by atoms with Gasteiger partial charge in [-0.1, -0.05) is 12.1 Å². The smallest absolute Gasteiger partial charge is 0.329 e. The van der Waals surface area contributed by atoms with Crippen molar-refractivity contribution in [2.45, 2.75) is 0 Å². The van der Waals surface area contributed by atoms with Crippen LogP contribution in [0.5, 0.6) is 5.75 Å². The Hall–Kier alpha value is -1.87. The van der Waals surface area contributed by atoms with Crippen LogP contribution in [0.1, 0.15) is 0 Å². The molecule has 136 valence electrons. The molecule has 8 nitrogen and oxygen atoms in total. The highest BCUT2D eigenvalue weighted by Crippen LogP contribution is 2.19. The van der Waals surface area contributed by atoms with Gasteiger partial charge in [0.1, 0.15) is 19.0 Å². The Kier molecular flexibility index (Phi) is 11.4. The number of rotatable bonds is 15. The molecule has 1 aromatic rings. The van der Waals surface area contributed by atoms with E-state index in [1.165, 1.54) is 0 Å². The fourth-order valence-corrected chi connectivity index (χ4v) is 1.64. The number of hydrogen-bond donors (Lipinski definition) is 2. The number of hydrogen-bond acceptors (Lipinski definition) is 7. The summed E-state index contributed by atoms with van der Waals surface area (Å²) in [6.07, 6.45) is 0. The monoisotopic (exact) mass is 343 g/mol. The first-order chi connectivity index (χ1) is 11.7. The molecular formula is C16H25NO7. The number of benzene rings is 1. The third-order valence-electron chi connectivity index (χ3n) is 2.75. The molecule has 0 atom stereocenters. The Balaban J connectivity index is 1.79. The van der Waals surface area contributed by atoms with Gasteiger partial charge in [0.25, 0.3) is 0 Å². The van der Waals surface area contributed by atoms with Gasteiger partial charge in [0.15, 0.2) is 0 Å². The number of carboxylic acid groups (broad SMARTS) is 1. The number of carbonyl (C=O) groups is 1. The van der Waals surface area contributed by atoms with Gasteiger partial charge < -0.3 is 34.5 Å². The van der Waals surface area contributed by atoms with Crippen molar-refractivity contribution in [2.75, 3.05) is 65.2 Å². The minimum atomic E-state index is -0.990. The lowest BCUT2D eigenvalue weighted by molar-refractivity contribution is -0.142. The van der Waals surface area contributed by atoms with Gasteiger partial charge in [0, 0.05) is 0 Å². The van der Waals surface area contributed by atoms with Gasteiger partial charge in [0.05, 0.1) is 51.9 Å². The number of ether oxygens (including phenoxy) is 5. The van der Waals surface area contributed by atoms with E-state index >= 15 is 0 Å². The van der Waals surface area contributed by atoms with Crippen molar-refractivity contribution >= 4 is 11.7 Å². The van der Waals surface area contributed by atoms with E-state index in [1.807, 2.05) is 18.2 Å². The highest BCUT2D eigenvalue weighted by molar-refractivity contribution is 5.67. The molecule has 0 unspecified atom stereocenters. The van der Waals surface area contributed by atoms with Crippen LogP contribution in [0, 0.1) is 0 Å². The van der Waals surface area contributed by atoms with E-state index in [4.69, 9.17) is 34.5 Å². The van der Waals surface area contributed by atoms with Gasteiger partial charge >= 0.3 is 5.97 Å². The molecule has 0 amide bonds. The summed E-state index contributed by atoms with van der Waals surface area (Å²) in [6, 6.07) is 7.30. The first-order valence-electron chi connectivity index (χ1n) is 7.70. The van der Waals surface area contributed by atoms with Crippen molar-refractivity contribution < 1.29 is 33.6 Å². The molecule has 0 radical (unpaired) electrons. The van der Waals surface area contributed by atoms with Crippen molar-refractivity contribution in [3.8, 4) is 5.75 Å². The summed E-state index contributed by atoms with van der Waals surface area (Å²) in [5, 5.41) is 8.35. The summed E-state index contributed by atoms with van der Waals surface area (Å²) in [5.74, 6) is -0.335. The van der Waals surface area contributed by atoms with E-state index in [2.05, 4.69) is 0 Å². The minimum Gasteiger partial charge on any atom is -0.489 e. The quantitative estimate of drug-likeness (QED) is 0.355. The Bertz CT molecular complexity index is 456. The third kappa shape index (κ3) is 10.8. The van der Waals surface area contributed by atoms with Crippen LogP contribution < -0.4 is 10.5 Å². The lowest BCUT2D eigenvalue weighted by Crippen LogP contribution is -2.15. The summed E-state index contributed by atoms with van der Waals surface area (Å²) >= 11 is 0. The Morgan fingerprint density at radius 2 is 1.33 bits per heavy atom. The zero-order valence-corrected chi connectivity index (χ0v) is 13.6. The molecule has 0 saturated carbocycles. The van der Waals surface area contributed by atoms with Crippen molar-refractivity contribution in [1.82, 2.24) is 0 Å². The van der Waals surface area contributed by atoms with Crippen LogP contribution in [-0.4, -0.2) is 70.5 Å². The fraction of sp³-hybridized carbons (Fsp3) is 0.562. The second-order valence-corrected chi connectivity index (χ2v) is 4.67. The SMILES string of the molecule is Nc1ccccc1OCCOCCOCCOCCOCC(=O)O. The van der Waals surface area contributed by atoms with Crippen LogP contribution in [0.25, 0.3) is 0 Å². The highest BCUT2D eigenvalue weighted by atomic mass is 16.6. The van der Waals surface area contributed by atoms with E-state index in [0.717, 1.165) is 0 Å². The minimum absolute atomic E-state index is 0.251. The van der Waals surface area contributed by atoms with Gasteiger partial charge in [-0.2, -0.15) is 0 Å². The zero-order chi connectivity index (χ0) is 17.5. The molecule has 0 aliphatic carbocycles.